The van der Waals surface area contributed by atoms with Gasteiger partial charge in [0, 0.05) is 25.3 Å². The van der Waals surface area contributed by atoms with Crippen LogP contribution in [0.25, 0.3) is 11.0 Å². The van der Waals surface area contributed by atoms with Gasteiger partial charge in [0.1, 0.15) is 17.1 Å². The minimum Gasteiger partial charge on any atom is -0.325 e. The number of hydrogen-bond acceptors (Lipinski definition) is 3. The number of imidazole rings is 1. The van der Waals surface area contributed by atoms with Gasteiger partial charge in [-0.2, -0.15) is 5.26 Å². The maximum Gasteiger partial charge on any atom is 0.152 e. The van der Waals surface area contributed by atoms with Crippen molar-refractivity contribution in [2.24, 2.45) is 5.41 Å². The molecule has 3 rings (SSSR count). The fourth-order valence-electron chi connectivity index (χ4n) is 3.78. The Morgan fingerprint density at radius 1 is 1.33 bits per heavy atom. The highest BCUT2D eigenvalue weighted by atomic mass is 19.1. The molecule has 1 saturated carbocycles. The minimum atomic E-state index is -0.427. The van der Waals surface area contributed by atoms with Crippen LogP contribution in [0.4, 0.5) is 4.39 Å². The van der Waals surface area contributed by atoms with E-state index in [1.807, 2.05) is 6.07 Å². The average molecular weight is 369 g/mol. The Bertz CT molecular complexity index is 882. The molecule has 0 radical (unpaired) electrons. The highest BCUT2D eigenvalue weighted by Crippen LogP contribution is 2.36. The molecule has 0 amide bonds. The van der Waals surface area contributed by atoms with Crippen LogP contribution in [0.15, 0.2) is 12.1 Å². The first-order chi connectivity index (χ1) is 12.8. The molecule has 5 heteroatoms. The SMILES string of the molecule is CC(C)(C)CC(=O)CCCCc1nc2c(F)cc(C#N)cc2n1C1CCC1. The van der Waals surface area contributed by atoms with Crippen LogP contribution in [0.2, 0.25) is 0 Å². The first-order valence-electron chi connectivity index (χ1n) is 9.90. The van der Waals surface area contributed by atoms with Gasteiger partial charge in [-0.15, -0.1) is 0 Å². The molecule has 0 unspecified atom stereocenters. The third kappa shape index (κ3) is 4.55. The maximum absolute atomic E-state index is 14.4. The zero-order valence-corrected chi connectivity index (χ0v) is 16.5. The van der Waals surface area contributed by atoms with Gasteiger partial charge < -0.3 is 4.57 Å². The number of benzene rings is 1. The van der Waals surface area contributed by atoms with E-state index in [4.69, 9.17) is 5.26 Å². The Balaban J connectivity index is 1.73. The van der Waals surface area contributed by atoms with E-state index in [2.05, 4.69) is 30.3 Å². The molecule has 0 atom stereocenters. The Morgan fingerprint density at radius 2 is 2.07 bits per heavy atom. The Morgan fingerprint density at radius 3 is 2.67 bits per heavy atom. The van der Waals surface area contributed by atoms with Gasteiger partial charge in [0.15, 0.2) is 5.82 Å². The van der Waals surface area contributed by atoms with E-state index in [9.17, 15) is 9.18 Å². The first kappa shape index (κ1) is 19.5. The van der Waals surface area contributed by atoms with E-state index in [-0.39, 0.29) is 5.41 Å². The van der Waals surface area contributed by atoms with Crippen molar-refractivity contribution in [2.75, 3.05) is 0 Å². The molecule has 27 heavy (non-hydrogen) atoms. The summed E-state index contributed by atoms with van der Waals surface area (Å²) in [6.45, 7) is 6.24. The van der Waals surface area contributed by atoms with Crippen LogP contribution >= 0.6 is 0 Å². The largest absolute Gasteiger partial charge is 0.325 e. The Hall–Kier alpha value is -2.22. The lowest BCUT2D eigenvalue weighted by atomic mass is 9.88. The fourth-order valence-corrected chi connectivity index (χ4v) is 3.78. The molecule has 0 bridgehead atoms. The average Bonchev–Trinajstić information content (AvgIpc) is 2.87. The van der Waals surface area contributed by atoms with Crippen molar-refractivity contribution in [3.05, 3.63) is 29.3 Å². The zero-order chi connectivity index (χ0) is 19.6. The molecule has 4 nitrogen and oxygen atoms in total. The van der Waals surface area contributed by atoms with E-state index in [1.165, 1.54) is 12.5 Å². The van der Waals surface area contributed by atoms with Gasteiger partial charge >= 0.3 is 0 Å². The summed E-state index contributed by atoms with van der Waals surface area (Å²) in [6, 6.07) is 5.39. The summed E-state index contributed by atoms with van der Waals surface area (Å²) in [4.78, 5) is 16.6. The standard InChI is InChI=1S/C22H28FN3O/c1-22(2,3)13-17(27)9-4-5-10-20-25-21-18(23)11-15(14-24)12-19(21)26(20)16-7-6-8-16/h11-12,16H,4-10,13H2,1-3H3. The number of nitrogens with zero attached hydrogens (tertiary/aromatic N) is 3. The summed E-state index contributed by atoms with van der Waals surface area (Å²) in [5.74, 6) is 0.760. The number of unbranched alkanes of at least 4 members (excludes halogenated alkanes) is 1. The number of hydrogen-bond donors (Lipinski definition) is 0. The molecule has 0 N–H and O–H groups in total. The van der Waals surface area contributed by atoms with Crippen molar-refractivity contribution in [2.45, 2.75) is 78.2 Å². The van der Waals surface area contributed by atoms with E-state index in [1.54, 1.807) is 6.07 Å². The van der Waals surface area contributed by atoms with Gasteiger partial charge in [-0.05, 0) is 49.7 Å². The van der Waals surface area contributed by atoms with Crippen LogP contribution in [0.1, 0.15) is 83.1 Å². The Labute approximate surface area is 160 Å². The number of carbonyl (C=O) groups excluding carboxylic acids is 1. The van der Waals surface area contributed by atoms with Gasteiger partial charge in [-0.1, -0.05) is 20.8 Å². The van der Waals surface area contributed by atoms with E-state index < -0.39 is 5.82 Å². The monoisotopic (exact) mass is 369 g/mol. The van der Waals surface area contributed by atoms with Gasteiger partial charge in [-0.3, -0.25) is 4.79 Å². The molecule has 1 heterocycles. The van der Waals surface area contributed by atoms with Crippen molar-refractivity contribution in [3.8, 4) is 6.07 Å². The molecular weight excluding hydrogens is 341 g/mol. The number of rotatable bonds is 7. The molecule has 1 aliphatic carbocycles. The zero-order valence-electron chi connectivity index (χ0n) is 16.5. The molecule has 1 fully saturated rings. The molecule has 144 valence electrons. The lowest BCUT2D eigenvalue weighted by Crippen LogP contribution is -2.19. The normalized spacial score (nSPS) is 14.9. The number of Topliss-reactive ketones (excluding diaryl/α,β-unsaturated/α-hetero) is 1. The van der Waals surface area contributed by atoms with Crippen LogP contribution < -0.4 is 0 Å². The van der Waals surface area contributed by atoms with E-state index in [0.717, 1.165) is 43.4 Å². The van der Waals surface area contributed by atoms with Crippen LogP contribution in [-0.4, -0.2) is 15.3 Å². The van der Waals surface area contributed by atoms with Crippen molar-refractivity contribution < 1.29 is 9.18 Å². The second-order valence-corrected chi connectivity index (χ2v) is 8.90. The van der Waals surface area contributed by atoms with Crippen LogP contribution in [0, 0.1) is 22.6 Å². The number of nitriles is 1. The van der Waals surface area contributed by atoms with Gasteiger partial charge in [0.25, 0.3) is 0 Å². The second kappa shape index (κ2) is 7.80. The van der Waals surface area contributed by atoms with Crippen molar-refractivity contribution in [3.63, 3.8) is 0 Å². The van der Waals surface area contributed by atoms with Crippen LogP contribution in [0.5, 0.6) is 0 Å². The maximum atomic E-state index is 14.4. The molecule has 0 aliphatic heterocycles. The van der Waals surface area contributed by atoms with Crippen molar-refractivity contribution >= 4 is 16.8 Å². The third-order valence-electron chi connectivity index (χ3n) is 5.22. The first-order valence-corrected chi connectivity index (χ1v) is 9.90. The smallest absolute Gasteiger partial charge is 0.152 e. The highest BCUT2D eigenvalue weighted by Gasteiger charge is 2.26. The van der Waals surface area contributed by atoms with Gasteiger partial charge in [0.05, 0.1) is 17.1 Å². The van der Waals surface area contributed by atoms with E-state index in [0.29, 0.717) is 35.7 Å². The topological polar surface area (TPSA) is 58.7 Å². The molecule has 2 aromatic rings. The van der Waals surface area contributed by atoms with Crippen LogP contribution in [0.3, 0.4) is 0 Å². The molecule has 1 aliphatic rings. The summed E-state index contributed by atoms with van der Waals surface area (Å²) >= 11 is 0. The van der Waals surface area contributed by atoms with Crippen molar-refractivity contribution in [1.29, 1.82) is 5.26 Å². The minimum absolute atomic E-state index is 0.0330. The second-order valence-electron chi connectivity index (χ2n) is 8.90. The lowest BCUT2D eigenvalue weighted by Gasteiger charge is -2.29. The molecule has 0 spiro atoms. The fraction of sp³-hybridized carbons (Fsp3) is 0.591. The summed E-state index contributed by atoms with van der Waals surface area (Å²) in [5.41, 5.74) is 1.46. The van der Waals surface area contributed by atoms with Crippen molar-refractivity contribution in [1.82, 2.24) is 9.55 Å². The number of fused-ring (bicyclic) bond motifs is 1. The summed E-state index contributed by atoms with van der Waals surface area (Å²) in [6.07, 6.45) is 6.93. The number of aryl methyl sites for hydroxylation is 1. The lowest BCUT2D eigenvalue weighted by molar-refractivity contribution is -0.120. The van der Waals surface area contributed by atoms with E-state index >= 15 is 0 Å². The summed E-state index contributed by atoms with van der Waals surface area (Å²) in [5, 5.41) is 9.16. The van der Waals surface area contributed by atoms with Gasteiger partial charge in [-0.25, -0.2) is 9.37 Å². The third-order valence-corrected chi connectivity index (χ3v) is 5.22. The van der Waals surface area contributed by atoms with Crippen LogP contribution in [-0.2, 0) is 11.2 Å². The molecule has 0 saturated heterocycles. The summed E-state index contributed by atoms with van der Waals surface area (Å²) < 4.78 is 16.5. The molecular formula is C22H28FN3O. The number of halogens is 1. The molecule has 1 aromatic carbocycles. The number of carbonyl (C=O) groups is 1. The van der Waals surface area contributed by atoms with Gasteiger partial charge in [0.2, 0.25) is 0 Å². The Kier molecular flexibility index (Phi) is 5.64. The predicted octanol–water partition coefficient (Wildman–Crippen LogP) is 5.49. The molecule has 1 aromatic heterocycles. The number of ketones is 1. The predicted molar refractivity (Wildman–Crippen MR) is 104 cm³/mol. The quantitative estimate of drug-likeness (QED) is 0.606. The highest BCUT2D eigenvalue weighted by molar-refractivity contribution is 5.79. The summed E-state index contributed by atoms with van der Waals surface area (Å²) in [7, 11) is 0. The number of aromatic nitrogens is 2.